The number of H-pyrrole nitrogens is 1. The number of ether oxygens (including phenoxy) is 1. The monoisotopic (exact) mass is 421 g/mol. The van der Waals surface area contributed by atoms with Gasteiger partial charge in [-0.15, -0.1) is 0 Å². The Labute approximate surface area is 183 Å². The van der Waals surface area contributed by atoms with Crippen LogP contribution in [0.2, 0.25) is 0 Å². The van der Waals surface area contributed by atoms with Crippen molar-refractivity contribution in [3.8, 4) is 5.75 Å². The molecule has 2 heterocycles. The summed E-state index contributed by atoms with van der Waals surface area (Å²) in [5, 5.41) is 12.0. The fourth-order valence-corrected chi connectivity index (χ4v) is 4.48. The van der Waals surface area contributed by atoms with E-state index in [9.17, 15) is 9.90 Å². The van der Waals surface area contributed by atoms with Crippen molar-refractivity contribution in [1.82, 2.24) is 14.8 Å². The van der Waals surface area contributed by atoms with Gasteiger partial charge < -0.3 is 14.8 Å². The molecule has 0 saturated carbocycles. The summed E-state index contributed by atoms with van der Waals surface area (Å²) < 4.78 is 5.30. The third-order valence-corrected chi connectivity index (χ3v) is 6.20. The summed E-state index contributed by atoms with van der Waals surface area (Å²) in [5.41, 5.74) is 2.15. The second-order valence-electron chi connectivity index (χ2n) is 8.70. The second-order valence-corrected chi connectivity index (χ2v) is 8.70. The zero-order valence-electron chi connectivity index (χ0n) is 18.3. The Hall–Kier alpha value is -2.67. The molecule has 0 amide bonds. The van der Waals surface area contributed by atoms with Gasteiger partial charge in [0, 0.05) is 48.8 Å². The van der Waals surface area contributed by atoms with Gasteiger partial charge in [0.25, 0.3) is 0 Å². The topological polar surface area (TPSA) is 68.8 Å². The van der Waals surface area contributed by atoms with E-state index in [4.69, 9.17) is 4.74 Å². The van der Waals surface area contributed by atoms with Crippen molar-refractivity contribution in [3.63, 3.8) is 0 Å². The molecule has 0 atom stereocenters. The lowest BCUT2D eigenvalue weighted by atomic mass is 9.90. The summed E-state index contributed by atoms with van der Waals surface area (Å²) in [6.45, 7) is 3.24. The number of rotatable bonds is 8. The Kier molecular flexibility index (Phi) is 6.41. The molecule has 31 heavy (non-hydrogen) atoms. The van der Waals surface area contributed by atoms with E-state index in [1.165, 1.54) is 5.56 Å². The van der Waals surface area contributed by atoms with E-state index >= 15 is 0 Å². The van der Waals surface area contributed by atoms with Crippen molar-refractivity contribution in [2.45, 2.75) is 25.0 Å². The number of aromatic nitrogens is 1. The minimum absolute atomic E-state index is 0.0890. The molecule has 3 aromatic rings. The summed E-state index contributed by atoms with van der Waals surface area (Å²) in [6.07, 6.45) is 3.12. The van der Waals surface area contributed by atoms with Crippen LogP contribution in [0.25, 0.3) is 10.9 Å². The van der Waals surface area contributed by atoms with Crippen molar-refractivity contribution in [2.24, 2.45) is 0 Å². The van der Waals surface area contributed by atoms with E-state index in [-0.39, 0.29) is 5.78 Å². The molecule has 1 aromatic heterocycles. The third-order valence-electron chi connectivity index (χ3n) is 6.20. The molecule has 0 spiro atoms. The van der Waals surface area contributed by atoms with Gasteiger partial charge in [-0.1, -0.05) is 30.3 Å². The Balaban J connectivity index is 1.32. The predicted molar refractivity (Wildman–Crippen MR) is 123 cm³/mol. The lowest BCUT2D eigenvalue weighted by molar-refractivity contribution is -0.0410. The molecule has 0 unspecified atom stereocenters. The maximum absolute atomic E-state index is 13.0. The van der Waals surface area contributed by atoms with E-state index in [1.54, 1.807) is 13.3 Å². The van der Waals surface area contributed by atoms with Gasteiger partial charge in [0.1, 0.15) is 5.75 Å². The lowest BCUT2D eigenvalue weighted by Crippen LogP contribution is -2.50. The fraction of sp³-hybridized carbons (Fsp3) is 0.400. The zero-order chi connectivity index (χ0) is 21.8. The first-order chi connectivity index (χ1) is 15.0. The standard InChI is InChI=1S/C25H31N3O3/c1-27(16-19-6-4-3-5-7-19)18-25(30)10-12-28(13-11-25)17-24(29)22-15-26-23-9-8-20(31-2)14-21(22)23/h3-9,14-15,26,30H,10-13,16-18H2,1-2H3. The average Bonchev–Trinajstić information content (AvgIpc) is 3.19. The number of piperidine rings is 1. The van der Waals surface area contributed by atoms with Crippen LogP contribution in [-0.4, -0.2) is 71.6 Å². The molecular formula is C25H31N3O3. The highest BCUT2D eigenvalue weighted by atomic mass is 16.5. The van der Waals surface area contributed by atoms with Gasteiger partial charge in [-0.25, -0.2) is 0 Å². The summed E-state index contributed by atoms with van der Waals surface area (Å²) in [4.78, 5) is 20.5. The highest BCUT2D eigenvalue weighted by molar-refractivity contribution is 6.09. The summed E-state index contributed by atoms with van der Waals surface area (Å²) in [5.74, 6) is 0.829. The van der Waals surface area contributed by atoms with Gasteiger partial charge in [-0.2, -0.15) is 0 Å². The molecule has 164 valence electrons. The number of aromatic amines is 1. The number of methoxy groups -OCH3 is 1. The Bertz CT molecular complexity index is 1020. The molecule has 6 nitrogen and oxygen atoms in total. The number of hydrogen-bond acceptors (Lipinski definition) is 5. The molecule has 0 aliphatic carbocycles. The number of aliphatic hydroxyl groups is 1. The van der Waals surface area contributed by atoms with Crippen LogP contribution >= 0.6 is 0 Å². The van der Waals surface area contributed by atoms with Crippen LogP contribution in [0.15, 0.2) is 54.7 Å². The molecule has 2 N–H and O–H groups in total. The second kappa shape index (κ2) is 9.22. The van der Waals surface area contributed by atoms with E-state index in [1.807, 2.05) is 43.4 Å². The maximum Gasteiger partial charge on any atom is 0.178 e. The first-order valence-electron chi connectivity index (χ1n) is 10.8. The molecule has 1 fully saturated rings. The Morgan fingerprint density at radius 1 is 1.19 bits per heavy atom. The summed E-state index contributed by atoms with van der Waals surface area (Å²) in [6, 6.07) is 16.0. The minimum Gasteiger partial charge on any atom is -0.497 e. The van der Waals surface area contributed by atoms with Crippen molar-refractivity contribution in [3.05, 3.63) is 65.9 Å². The van der Waals surface area contributed by atoms with Crippen LogP contribution in [0.3, 0.4) is 0 Å². The molecule has 1 aliphatic rings. The number of fused-ring (bicyclic) bond motifs is 1. The predicted octanol–water partition coefficient (Wildman–Crippen LogP) is 3.32. The average molecular weight is 422 g/mol. The van der Waals surface area contributed by atoms with Crippen LogP contribution in [0.1, 0.15) is 28.8 Å². The van der Waals surface area contributed by atoms with Gasteiger partial charge in [-0.05, 0) is 43.7 Å². The smallest absolute Gasteiger partial charge is 0.178 e. The summed E-state index contributed by atoms with van der Waals surface area (Å²) >= 11 is 0. The number of hydrogen-bond donors (Lipinski definition) is 2. The van der Waals surface area contributed by atoms with E-state index in [2.05, 4.69) is 26.9 Å². The molecule has 1 aliphatic heterocycles. The fourth-order valence-electron chi connectivity index (χ4n) is 4.48. The van der Waals surface area contributed by atoms with Crippen molar-refractivity contribution < 1.29 is 14.6 Å². The number of benzene rings is 2. The number of nitrogens with zero attached hydrogens (tertiary/aromatic N) is 2. The van der Waals surface area contributed by atoms with E-state index < -0.39 is 5.60 Å². The van der Waals surface area contributed by atoms with E-state index in [0.717, 1.165) is 23.2 Å². The zero-order valence-corrected chi connectivity index (χ0v) is 18.3. The van der Waals surface area contributed by atoms with Gasteiger partial charge >= 0.3 is 0 Å². The number of nitrogens with one attached hydrogen (secondary N) is 1. The van der Waals surface area contributed by atoms with Crippen molar-refractivity contribution in [1.29, 1.82) is 0 Å². The van der Waals surface area contributed by atoms with Crippen molar-refractivity contribution >= 4 is 16.7 Å². The van der Waals surface area contributed by atoms with Gasteiger partial charge in [0.15, 0.2) is 5.78 Å². The summed E-state index contributed by atoms with van der Waals surface area (Å²) in [7, 11) is 3.67. The largest absolute Gasteiger partial charge is 0.497 e. The highest BCUT2D eigenvalue weighted by Crippen LogP contribution is 2.26. The number of carbonyl (C=O) groups is 1. The molecule has 4 rings (SSSR count). The molecule has 6 heteroatoms. The number of Topliss-reactive ketones (excluding diaryl/α,β-unsaturated/α-hetero) is 1. The first-order valence-corrected chi connectivity index (χ1v) is 10.8. The van der Waals surface area contributed by atoms with Crippen LogP contribution < -0.4 is 4.74 Å². The van der Waals surface area contributed by atoms with Crippen LogP contribution in [0.4, 0.5) is 0 Å². The number of ketones is 1. The Morgan fingerprint density at radius 2 is 1.94 bits per heavy atom. The highest BCUT2D eigenvalue weighted by Gasteiger charge is 2.34. The van der Waals surface area contributed by atoms with Gasteiger partial charge in [0.2, 0.25) is 0 Å². The SMILES string of the molecule is COc1ccc2[nH]cc(C(=O)CN3CCC(O)(CN(C)Cc4ccccc4)CC3)c2c1. The van der Waals surface area contributed by atoms with Crippen LogP contribution in [-0.2, 0) is 6.54 Å². The molecule has 0 radical (unpaired) electrons. The molecule has 0 bridgehead atoms. The number of likely N-dealkylation sites (tertiary alicyclic amines) is 1. The van der Waals surface area contributed by atoms with Gasteiger partial charge in [-0.3, -0.25) is 14.6 Å². The maximum atomic E-state index is 13.0. The quantitative estimate of drug-likeness (QED) is 0.546. The minimum atomic E-state index is -0.711. The van der Waals surface area contributed by atoms with E-state index in [0.29, 0.717) is 44.6 Å². The molecule has 1 saturated heterocycles. The molecule has 2 aromatic carbocycles. The third kappa shape index (κ3) is 5.15. The number of likely N-dealkylation sites (N-methyl/N-ethyl adjacent to an activating group) is 1. The van der Waals surface area contributed by atoms with Crippen molar-refractivity contribution in [2.75, 3.05) is 40.3 Å². The van der Waals surface area contributed by atoms with Crippen LogP contribution in [0, 0.1) is 0 Å². The first kappa shape index (κ1) is 21.6. The van der Waals surface area contributed by atoms with Crippen LogP contribution in [0.5, 0.6) is 5.75 Å². The number of carbonyl (C=O) groups excluding carboxylic acids is 1. The van der Waals surface area contributed by atoms with Gasteiger partial charge in [0.05, 0.1) is 19.3 Å². The normalized spacial score (nSPS) is 16.6. The lowest BCUT2D eigenvalue weighted by Gasteiger charge is -2.40. The molecular weight excluding hydrogens is 390 g/mol. The Morgan fingerprint density at radius 3 is 2.65 bits per heavy atom.